The molecule has 2 aromatic heterocycles. The van der Waals surface area contributed by atoms with E-state index in [-0.39, 0.29) is 37.3 Å². The first-order valence-electron chi connectivity index (χ1n) is 21.2. The molecule has 9 rings (SSSR count). The first kappa shape index (κ1) is 42.3. The Morgan fingerprint density at radius 1 is 0.492 bits per heavy atom. The van der Waals surface area contributed by atoms with Crippen LogP contribution >= 0.6 is 0 Å². The average molecular weight is 979 g/mol. The molecule has 0 spiro atoms. The van der Waals surface area contributed by atoms with Crippen LogP contribution in [0.3, 0.4) is 0 Å². The predicted molar refractivity (Wildman–Crippen MR) is 252 cm³/mol. The van der Waals surface area contributed by atoms with Gasteiger partial charge in [0, 0.05) is 55.3 Å². The van der Waals surface area contributed by atoms with Crippen LogP contribution < -0.4 is 9.80 Å². The summed E-state index contributed by atoms with van der Waals surface area (Å²) in [6.07, 6.45) is 1.95. The van der Waals surface area contributed by atoms with E-state index in [4.69, 9.17) is 4.98 Å². The van der Waals surface area contributed by atoms with Crippen molar-refractivity contribution in [1.29, 1.82) is 0 Å². The molecule has 6 aromatic carbocycles. The van der Waals surface area contributed by atoms with Crippen molar-refractivity contribution in [3.05, 3.63) is 198 Å². The third-order valence-electron chi connectivity index (χ3n) is 12.7. The molecule has 312 valence electrons. The van der Waals surface area contributed by atoms with Crippen LogP contribution in [0.4, 0.5) is 22.7 Å². The molecule has 3 heterocycles. The van der Waals surface area contributed by atoms with Crippen molar-refractivity contribution in [2.75, 3.05) is 9.80 Å². The monoisotopic (exact) mass is 978 g/mol. The largest absolute Gasteiger partial charge is 0.493 e. The Hall–Kier alpha value is -5.44. The topological polar surface area (TPSA) is 24.3 Å². The van der Waals surface area contributed by atoms with Gasteiger partial charge in [0.2, 0.25) is 0 Å². The van der Waals surface area contributed by atoms with Crippen molar-refractivity contribution in [3.63, 3.8) is 0 Å². The van der Waals surface area contributed by atoms with Crippen molar-refractivity contribution in [2.24, 2.45) is 0 Å². The minimum absolute atomic E-state index is 0. The van der Waals surface area contributed by atoms with Crippen molar-refractivity contribution in [1.82, 2.24) is 9.55 Å². The molecular weight excluding hydrogens is 924 g/mol. The van der Waals surface area contributed by atoms with E-state index in [2.05, 4.69) is 242 Å². The number of aromatic nitrogens is 2. The number of rotatable bonds is 7. The molecule has 0 atom stereocenters. The Bertz CT molecular complexity index is 2860. The van der Waals surface area contributed by atoms with Crippen molar-refractivity contribution in [2.45, 2.75) is 90.9 Å². The maximum atomic E-state index is 5.00. The van der Waals surface area contributed by atoms with Gasteiger partial charge in [0.05, 0.1) is 0 Å². The fourth-order valence-electron chi connectivity index (χ4n) is 8.68. The summed E-state index contributed by atoms with van der Waals surface area (Å²) in [5.41, 5.74) is 13.3. The molecule has 1 aliphatic rings. The molecule has 0 fully saturated rings. The number of hydrogen-bond acceptors (Lipinski definition) is 3. The number of hydrogen-bond donors (Lipinski definition) is 0. The molecule has 0 saturated carbocycles. The summed E-state index contributed by atoms with van der Waals surface area (Å²) in [7, 11) is 0. The Balaban J connectivity index is 0.00000514. The second-order valence-electron chi connectivity index (χ2n) is 19.6. The fourth-order valence-corrected chi connectivity index (χ4v) is 8.68. The van der Waals surface area contributed by atoms with E-state index in [1.165, 1.54) is 33.3 Å². The van der Waals surface area contributed by atoms with E-state index >= 15 is 0 Å². The minimum Gasteiger partial charge on any atom is -0.493 e. The predicted octanol–water partition coefficient (Wildman–Crippen LogP) is 14.4. The third kappa shape index (κ3) is 7.52. The summed E-state index contributed by atoms with van der Waals surface area (Å²) in [6.45, 7) is 25.2. The molecule has 5 heteroatoms. The number of benzene rings is 6. The van der Waals surface area contributed by atoms with Gasteiger partial charge in [0.1, 0.15) is 5.82 Å². The van der Waals surface area contributed by atoms with E-state index < -0.39 is 5.41 Å². The molecule has 8 aromatic rings. The van der Waals surface area contributed by atoms with Crippen molar-refractivity contribution >= 4 is 44.6 Å². The standard InChI is InChI=1S/C56H55N4.Pt/c1-53(2,3)42-31-43(54(4,5)6)34-45(33-42)59-37-58(49-25-16-17-26-50(49)59)44-22-18-21-39(32-44)56(9,10)40-27-28-47-46-23-14-15-24-48(46)60(51(47)35-40)52-36-41(29-30-57-52)55(7,8)38-19-12-11-13-20-38;/h11-31,33-34,36-37H,1-10H3;/q-3;. The van der Waals surface area contributed by atoms with Gasteiger partial charge in [-0.15, -0.1) is 17.7 Å². The van der Waals surface area contributed by atoms with E-state index in [1.807, 2.05) is 6.20 Å². The van der Waals surface area contributed by atoms with Crippen LogP contribution in [-0.2, 0) is 42.7 Å². The molecule has 0 N–H and O–H groups in total. The molecule has 0 bridgehead atoms. The quantitative estimate of drug-likeness (QED) is 0.149. The molecular formula is C56H55N4Pt-3. The van der Waals surface area contributed by atoms with E-state index in [0.29, 0.717) is 0 Å². The molecule has 4 nitrogen and oxygen atoms in total. The minimum atomic E-state index is -0.419. The van der Waals surface area contributed by atoms with Crippen LogP contribution in [0.1, 0.15) is 103 Å². The molecule has 0 saturated heterocycles. The molecule has 1 aliphatic heterocycles. The van der Waals surface area contributed by atoms with Crippen LogP contribution in [0.5, 0.6) is 0 Å². The maximum absolute atomic E-state index is 5.00. The summed E-state index contributed by atoms with van der Waals surface area (Å²) in [6, 6.07) is 58.4. The van der Waals surface area contributed by atoms with Crippen LogP contribution in [0, 0.1) is 18.8 Å². The first-order chi connectivity index (χ1) is 28.5. The molecule has 0 unspecified atom stereocenters. The molecule has 0 radical (unpaired) electrons. The number of para-hydroxylation sites is 3. The fraction of sp³-hybridized carbons (Fsp3) is 0.250. The second-order valence-corrected chi connectivity index (χ2v) is 19.6. The number of nitrogens with zero attached hydrogens (tertiary/aromatic N) is 4. The summed E-state index contributed by atoms with van der Waals surface area (Å²) in [4.78, 5) is 9.63. The van der Waals surface area contributed by atoms with Gasteiger partial charge in [-0.05, 0) is 86.3 Å². The second kappa shape index (κ2) is 15.5. The van der Waals surface area contributed by atoms with E-state index in [0.717, 1.165) is 50.4 Å². The van der Waals surface area contributed by atoms with Crippen molar-refractivity contribution in [3.8, 4) is 5.82 Å². The van der Waals surface area contributed by atoms with Gasteiger partial charge in [-0.2, -0.15) is 53.6 Å². The van der Waals surface area contributed by atoms with Gasteiger partial charge in [0.15, 0.2) is 0 Å². The Kier molecular flexibility index (Phi) is 10.7. The third-order valence-corrected chi connectivity index (χ3v) is 12.7. The smallest absolute Gasteiger partial charge is 0.135 e. The first-order valence-corrected chi connectivity index (χ1v) is 21.2. The number of fused-ring (bicyclic) bond motifs is 4. The summed E-state index contributed by atoms with van der Waals surface area (Å²) in [5, 5.41) is 2.34. The number of pyridine rings is 1. The van der Waals surface area contributed by atoms with E-state index in [1.54, 1.807) is 0 Å². The van der Waals surface area contributed by atoms with Crippen molar-refractivity contribution < 1.29 is 21.1 Å². The molecule has 61 heavy (non-hydrogen) atoms. The number of anilines is 4. The van der Waals surface area contributed by atoms with Crippen LogP contribution in [0.25, 0.3) is 27.6 Å². The van der Waals surface area contributed by atoms with E-state index in [9.17, 15) is 0 Å². The van der Waals surface area contributed by atoms with Gasteiger partial charge in [-0.3, -0.25) is 0 Å². The Morgan fingerprint density at radius 3 is 1.80 bits per heavy atom. The Morgan fingerprint density at radius 2 is 1.11 bits per heavy atom. The van der Waals surface area contributed by atoms with Gasteiger partial charge >= 0.3 is 0 Å². The van der Waals surface area contributed by atoms with Gasteiger partial charge in [-0.1, -0.05) is 141 Å². The molecule has 0 amide bonds. The average Bonchev–Trinajstić information content (AvgIpc) is 3.79. The van der Waals surface area contributed by atoms with Gasteiger partial charge in [0.25, 0.3) is 0 Å². The SMILES string of the molecule is CC(C)(C)c1cc(N2[CH-]N(c3[c-]c(C(C)(C)c4[c-]c5c(cc4)c4ccccc4n5-c4cc(C(C)(C)c5ccccc5)ccn4)ccc3)c3ccccc32)cc(C(C)(C)C)c1.[Pt]. The Labute approximate surface area is 377 Å². The van der Waals surface area contributed by atoms with Crippen LogP contribution in [0.2, 0.25) is 0 Å². The molecule has 0 aliphatic carbocycles. The van der Waals surface area contributed by atoms with Crippen LogP contribution in [0.15, 0.2) is 146 Å². The van der Waals surface area contributed by atoms with Gasteiger partial charge in [-0.25, -0.2) is 4.98 Å². The van der Waals surface area contributed by atoms with Crippen LogP contribution in [-0.4, -0.2) is 9.55 Å². The maximum Gasteiger partial charge on any atom is 0.135 e. The summed E-state index contributed by atoms with van der Waals surface area (Å²) in [5.74, 6) is 0.887. The zero-order valence-electron chi connectivity index (χ0n) is 37.0. The zero-order chi connectivity index (χ0) is 42.2. The zero-order valence-corrected chi connectivity index (χ0v) is 39.3. The normalized spacial score (nSPS) is 13.5. The van der Waals surface area contributed by atoms with Gasteiger partial charge < -0.3 is 14.4 Å². The summed E-state index contributed by atoms with van der Waals surface area (Å²) < 4.78 is 2.29. The summed E-state index contributed by atoms with van der Waals surface area (Å²) >= 11 is 0.